The van der Waals surface area contributed by atoms with Gasteiger partial charge in [-0.05, 0) is 30.9 Å². The summed E-state index contributed by atoms with van der Waals surface area (Å²) in [4.78, 5) is 18.6. The highest BCUT2D eigenvalue weighted by Gasteiger charge is 2.36. The van der Waals surface area contributed by atoms with E-state index in [1.807, 2.05) is 11.0 Å². The van der Waals surface area contributed by atoms with Gasteiger partial charge in [0, 0.05) is 37.3 Å². The van der Waals surface area contributed by atoms with Gasteiger partial charge < -0.3 is 14.7 Å². The lowest BCUT2D eigenvalue weighted by molar-refractivity contribution is -0.0326. The number of hydrogen-bond acceptors (Lipinski definition) is 4. The van der Waals surface area contributed by atoms with Gasteiger partial charge in [0.05, 0.1) is 12.2 Å². The highest BCUT2D eigenvalue weighted by molar-refractivity contribution is 6.30. The van der Waals surface area contributed by atoms with Gasteiger partial charge in [0.25, 0.3) is 0 Å². The molecule has 0 aromatic heterocycles. The SMILES string of the molecule is O=C(N1CCN(C(O)C2CC2)CC1)N1CCOc2cc(Cl)ccc21. The number of benzene rings is 1. The zero-order chi connectivity index (χ0) is 16.7. The molecule has 3 aliphatic rings. The first-order chi connectivity index (χ1) is 11.6. The predicted octanol–water partition coefficient (Wildman–Crippen LogP) is 2.00. The number of hydrogen-bond donors (Lipinski definition) is 1. The Kier molecular flexibility index (Phi) is 4.28. The van der Waals surface area contributed by atoms with Gasteiger partial charge in [0.1, 0.15) is 18.6 Å². The molecular formula is C17H22ClN3O3. The number of amides is 2. The van der Waals surface area contributed by atoms with Crippen LogP contribution in [0.4, 0.5) is 10.5 Å². The first-order valence-electron chi connectivity index (χ1n) is 8.54. The molecule has 1 aromatic carbocycles. The number of aliphatic hydroxyl groups is 1. The summed E-state index contributed by atoms with van der Waals surface area (Å²) in [6.07, 6.45) is 1.90. The first kappa shape index (κ1) is 16.0. The molecule has 130 valence electrons. The molecule has 2 amide bonds. The number of nitrogens with zero attached hydrogens (tertiary/aromatic N) is 3. The second kappa shape index (κ2) is 6.43. The summed E-state index contributed by atoms with van der Waals surface area (Å²) in [7, 11) is 0. The van der Waals surface area contributed by atoms with Crippen molar-refractivity contribution in [1.82, 2.24) is 9.80 Å². The number of fused-ring (bicyclic) bond motifs is 1. The molecule has 1 unspecified atom stereocenters. The van der Waals surface area contributed by atoms with E-state index >= 15 is 0 Å². The fourth-order valence-electron chi connectivity index (χ4n) is 3.43. The number of anilines is 1. The molecule has 1 aromatic rings. The topological polar surface area (TPSA) is 56.2 Å². The van der Waals surface area contributed by atoms with Crippen LogP contribution in [-0.4, -0.2) is 66.5 Å². The van der Waals surface area contributed by atoms with E-state index in [1.165, 1.54) is 0 Å². The van der Waals surface area contributed by atoms with Gasteiger partial charge in [-0.1, -0.05) is 11.6 Å². The van der Waals surface area contributed by atoms with E-state index in [0.717, 1.165) is 31.6 Å². The fourth-order valence-corrected chi connectivity index (χ4v) is 3.60. The Bertz CT molecular complexity index is 630. The molecule has 1 saturated carbocycles. The summed E-state index contributed by atoms with van der Waals surface area (Å²) in [5.74, 6) is 1.09. The van der Waals surface area contributed by atoms with E-state index in [9.17, 15) is 9.90 Å². The molecule has 1 atom stereocenters. The smallest absolute Gasteiger partial charge is 0.324 e. The Morgan fingerprint density at radius 1 is 1.21 bits per heavy atom. The monoisotopic (exact) mass is 351 g/mol. The normalized spacial score (nSPS) is 22.8. The molecule has 2 aliphatic heterocycles. The van der Waals surface area contributed by atoms with Crippen molar-refractivity contribution >= 4 is 23.3 Å². The van der Waals surface area contributed by atoms with E-state index in [4.69, 9.17) is 16.3 Å². The molecule has 6 nitrogen and oxygen atoms in total. The number of ether oxygens (including phenoxy) is 1. The standard InChI is InChI=1S/C17H22ClN3O3/c18-13-3-4-14-15(11-13)24-10-9-21(14)17(23)20-7-5-19(6-8-20)16(22)12-1-2-12/h3-4,11-12,16,22H,1-2,5-10H2. The van der Waals surface area contributed by atoms with Crippen LogP contribution in [0.25, 0.3) is 0 Å². The van der Waals surface area contributed by atoms with Gasteiger partial charge in [-0.25, -0.2) is 4.79 Å². The van der Waals surface area contributed by atoms with Crippen LogP contribution in [0, 0.1) is 5.92 Å². The van der Waals surface area contributed by atoms with E-state index in [0.29, 0.717) is 42.9 Å². The molecule has 4 rings (SSSR count). The molecule has 1 N–H and O–H groups in total. The van der Waals surface area contributed by atoms with Crippen LogP contribution in [0.15, 0.2) is 18.2 Å². The largest absolute Gasteiger partial charge is 0.489 e. The zero-order valence-electron chi connectivity index (χ0n) is 13.5. The Morgan fingerprint density at radius 2 is 1.96 bits per heavy atom. The Morgan fingerprint density at radius 3 is 2.67 bits per heavy atom. The van der Waals surface area contributed by atoms with Crippen LogP contribution in [0.1, 0.15) is 12.8 Å². The highest BCUT2D eigenvalue weighted by atomic mass is 35.5. The number of aliphatic hydroxyl groups excluding tert-OH is 1. The predicted molar refractivity (Wildman–Crippen MR) is 91.6 cm³/mol. The summed E-state index contributed by atoms with van der Waals surface area (Å²) in [5.41, 5.74) is 0.774. The Labute approximate surface area is 146 Å². The minimum Gasteiger partial charge on any atom is -0.489 e. The average Bonchev–Trinajstić information content (AvgIpc) is 3.45. The van der Waals surface area contributed by atoms with Gasteiger partial charge >= 0.3 is 6.03 Å². The molecule has 1 saturated heterocycles. The minimum absolute atomic E-state index is 0.00225. The van der Waals surface area contributed by atoms with Gasteiger partial charge in [-0.3, -0.25) is 9.80 Å². The second-order valence-electron chi connectivity index (χ2n) is 6.67. The van der Waals surface area contributed by atoms with E-state index in [2.05, 4.69) is 4.90 Å². The third-order valence-corrected chi connectivity index (χ3v) is 5.25. The molecule has 2 heterocycles. The fraction of sp³-hybridized carbons (Fsp3) is 0.588. The second-order valence-corrected chi connectivity index (χ2v) is 7.11. The molecule has 2 fully saturated rings. The zero-order valence-corrected chi connectivity index (χ0v) is 14.3. The van der Waals surface area contributed by atoms with Crippen LogP contribution in [-0.2, 0) is 0 Å². The van der Waals surface area contributed by atoms with Gasteiger partial charge in [-0.2, -0.15) is 0 Å². The molecule has 0 spiro atoms. The molecule has 7 heteroatoms. The summed E-state index contributed by atoms with van der Waals surface area (Å²) >= 11 is 6.01. The van der Waals surface area contributed by atoms with E-state index < -0.39 is 0 Å². The van der Waals surface area contributed by atoms with E-state index in [1.54, 1.807) is 17.0 Å². The van der Waals surface area contributed by atoms with Gasteiger partial charge in [0.2, 0.25) is 0 Å². The minimum atomic E-state index is -0.339. The summed E-state index contributed by atoms with van der Waals surface area (Å²) in [5, 5.41) is 10.8. The number of piperazine rings is 1. The third-order valence-electron chi connectivity index (χ3n) is 5.02. The lowest BCUT2D eigenvalue weighted by Gasteiger charge is -2.40. The maximum Gasteiger partial charge on any atom is 0.324 e. The van der Waals surface area contributed by atoms with Crippen molar-refractivity contribution in [3.05, 3.63) is 23.2 Å². The molecule has 0 radical (unpaired) electrons. The quantitative estimate of drug-likeness (QED) is 0.885. The van der Waals surface area contributed by atoms with Crippen LogP contribution in [0.2, 0.25) is 5.02 Å². The lowest BCUT2D eigenvalue weighted by atomic mass is 10.2. The maximum atomic E-state index is 12.9. The number of carbonyl (C=O) groups is 1. The van der Waals surface area contributed by atoms with Crippen LogP contribution in [0.3, 0.4) is 0 Å². The van der Waals surface area contributed by atoms with E-state index in [-0.39, 0.29) is 12.3 Å². The number of halogens is 1. The van der Waals surface area contributed by atoms with Crippen molar-refractivity contribution in [2.45, 2.75) is 19.1 Å². The van der Waals surface area contributed by atoms with Crippen molar-refractivity contribution in [1.29, 1.82) is 0 Å². The van der Waals surface area contributed by atoms with Gasteiger partial charge in [0.15, 0.2) is 0 Å². The number of carbonyl (C=O) groups excluding carboxylic acids is 1. The van der Waals surface area contributed by atoms with Crippen LogP contribution in [0.5, 0.6) is 5.75 Å². The van der Waals surface area contributed by atoms with Crippen LogP contribution >= 0.6 is 11.6 Å². The van der Waals surface area contributed by atoms with Gasteiger partial charge in [-0.15, -0.1) is 0 Å². The van der Waals surface area contributed by atoms with Crippen molar-refractivity contribution in [3.8, 4) is 5.75 Å². The van der Waals surface area contributed by atoms with Crippen molar-refractivity contribution in [2.24, 2.45) is 5.92 Å². The molecule has 0 bridgehead atoms. The maximum absolute atomic E-state index is 12.9. The molecule has 24 heavy (non-hydrogen) atoms. The Balaban J connectivity index is 1.42. The molecular weight excluding hydrogens is 330 g/mol. The summed E-state index contributed by atoms with van der Waals surface area (Å²) in [6, 6.07) is 5.36. The highest BCUT2D eigenvalue weighted by Crippen LogP contribution is 2.36. The number of rotatable bonds is 2. The molecule has 1 aliphatic carbocycles. The van der Waals surface area contributed by atoms with Crippen LogP contribution < -0.4 is 9.64 Å². The Hall–Kier alpha value is -1.50. The summed E-state index contributed by atoms with van der Waals surface area (Å²) in [6.45, 7) is 3.74. The lowest BCUT2D eigenvalue weighted by Crippen LogP contribution is -2.56. The first-order valence-corrected chi connectivity index (χ1v) is 8.92. The van der Waals surface area contributed by atoms with Crippen molar-refractivity contribution in [2.75, 3.05) is 44.2 Å². The number of urea groups is 1. The average molecular weight is 352 g/mol. The van der Waals surface area contributed by atoms with Crippen molar-refractivity contribution < 1.29 is 14.6 Å². The van der Waals surface area contributed by atoms with Crippen molar-refractivity contribution in [3.63, 3.8) is 0 Å². The third kappa shape index (κ3) is 3.06. The summed E-state index contributed by atoms with van der Waals surface area (Å²) < 4.78 is 5.62.